The van der Waals surface area contributed by atoms with Gasteiger partial charge in [-0.05, 0) is 47.5 Å². The van der Waals surface area contributed by atoms with E-state index in [0.29, 0.717) is 5.56 Å². The maximum absolute atomic E-state index is 12.0. The van der Waals surface area contributed by atoms with Gasteiger partial charge in [-0.25, -0.2) is 4.68 Å². The van der Waals surface area contributed by atoms with Gasteiger partial charge in [0.15, 0.2) is 0 Å². The van der Waals surface area contributed by atoms with Crippen LogP contribution in [0.1, 0.15) is 24.2 Å². The molecule has 2 N–H and O–H groups in total. The molecule has 1 amide bonds. The van der Waals surface area contributed by atoms with Crippen molar-refractivity contribution in [1.29, 1.82) is 0 Å². The Hall–Kier alpha value is -2.28. The first kappa shape index (κ1) is 14.1. The van der Waals surface area contributed by atoms with E-state index in [2.05, 4.69) is 20.8 Å². The number of hydrogen-bond donors (Lipinski definition) is 2. The van der Waals surface area contributed by atoms with E-state index in [-0.39, 0.29) is 24.5 Å². The minimum Gasteiger partial charge on any atom is -0.396 e. The summed E-state index contributed by atoms with van der Waals surface area (Å²) in [5.74, 6) is -0.152. The summed E-state index contributed by atoms with van der Waals surface area (Å²) in [5.41, 5.74) is 1.34. The zero-order chi connectivity index (χ0) is 14.5. The number of benzene rings is 1. The molecular formula is C13H17N5O2. The molecule has 0 saturated carbocycles. The maximum Gasteiger partial charge on any atom is 0.251 e. The standard InChI is InChI=1S/C13H17N5O2/c1-9(7-19)10(2)15-13(20)11-3-5-12(6-4-11)18-8-14-16-17-18/h3-6,8-10,19H,7H2,1-2H3,(H,15,20). The van der Waals surface area contributed by atoms with Crippen molar-refractivity contribution in [3.8, 4) is 5.69 Å². The summed E-state index contributed by atoms with van der Waals surface area (Å²) in [4.78, 5) is 12.0. The van der Waals surface area contributed by atoms with Crippen LogP contribution in [0.3, 0.4) is 0 Å². The van der Waals surface area contributed by atoms with Crippen LogP contribution in [0.4, 0.5) is 0 Å². The van der Waals surface area contributed by atoms with E-state index < -0.39 is 0 Å². The lowest BCUT2D eigenvalue weighted by molar-refractivity contribution is 0.0916. The van der Waals surface area contributed by atoms with Gasteiger partial charge in [-0.1, -0.05) is 6.92 Å². The van der Waals surface area contributed by atoms with Gasteiger partial charge in [0.1, 0.15) is 6.33 Å². The molecule has 2 rings (SSSR count). The van der Waals surface area contributed by atoms with E-state index >= 15 is 0 Å². The normalized spacial score (nSPS) is 13.8. The van der Waals surface area contributed by atoms with Crippen LogP contribution >= 0.6 is 0 Å². The fourth-order valence-corrected chi connectivity index (χ4v) is 1.64. The molecule has 0 spiro atoms. The summed E-state index contributed by atoms with van der Waals surface area (Å²) in [7, 11) is 0. The Morgan fingerprint density at radius 1 is 1.35 bits per heavy atom. The number of amides is 1. The van der Waals surface area contributed by atoms with E-state index in [9.17, 15) is 4.79 Å². The van der Waals surface area contributed by atoms with Crippen LogP contribution in [0.15, 0.2) is 30.6 Å². The largest absolute Gasteiger partial charge is 0.396 e. The van der Waals surface area contributed by atoms with Crippen molar-refractivity contribution in [2.45, 2.75) is 19.9 Å². The third-order valence-electron chi connectivity index (χ3n) is 3.24. The molecule has 0 aliphatic rings. The highest BCUT2D eigenvalue weighted by molar-refractivity contribution is 5.94. The SMILES string of the molecule is CC(CO)C(C)NC(=O)c1ccc(-n2cnnn2)cc1. The van der Waals surface area contributed by atoms with Gasteiger partial charge in [0.25, 0.3) is 5.91 Å². The van der Waals surface area contributed by atoms with Crippen LogP contribution < -0.4 is 5.32 Å². The third-order valence-corrected chi connectivity index (χ3v) is 3.24. The highest BCUT2D eigenvalue weighted by Gasteiger charge is 2.15. The first-order valence-corrected chi connectivity index (χ1v) is 6.37. The molecule has 7 heteroatoms. The number of carbonyl (C=O) groups is 1. The van der Waals surface area contributed by atoms with Crippen molar-refractivity contribution in [1.82, 2.24) is 25.5 Å². The number of aromatic nitrogens is 4. The van der Waals surface area contributed by atoms with Gasteiger partial charge in [0.2, 0.25) is 0 Å². The Labute approximate surface area is 116 Å². The van der Waals surface area contributed by atoms with E-state index in [1.165, 1.54) is 11.0 Å². The fraction of sp³-hybridized carbons (Fsp3) is 0.385. The number of aliphatic hydroxyl groups is 1. The van der Waals surface area contributed by atoms with Gasteiger partial charge in [0.05, 0.1) is 5.69 Å². The van der Waals surface area contributed by atoms with E-state index in [4.69, 9.17) is 5.11 Å². The van der Waals surface area contributed by atoms with Crippen LogP contribution in [0.2, 0.25) is 0 Å². The molecule has 0 bridgehead atoms. The van der Waals surface area contributed by atoms with Crippen LogP contribution in [0.5, 0.6) is 0 Å². The van der Waals surface area contributed by atoms with Gasteiger partial charge in [0, 0.05) is 18.2 Å². The van der Waals surface area contributed by atoms with Crippen molar-refractivity contribution in [2.24, 2.45) is 5.92 Å². The molecular weight excluding hydrogens is 258 g/mol. The van der Waals surface area contributed by atoms with Crippen LogP contribution in [-0.2, 0) is 0 Å². The molecule has 106 valence electrons. The number of carbonyl (C=O) groups excluding carboxylic acids is 1. The second-order valence-electron chi connectivity index (χ2n) is 4.72. The van der Waals surface area contributed by atoms with Gasteiger partial charge in [-0.2, -0.15) is 0 Å². The molecule has 7 nitrogen and oxygen atoms in total. The quantitative estimate of drug-likeness (QED) is 0.824. The molecule has 0 radical (unpaired) electrons. The summed E-state index contributed by atoms with van der Waals surface area (Å²) in [6.07, 6.45) is 1.49. The van der Waals surface area contributed by atoms with Crippen molar-refractivity contribution in [3.63, 3.8) is 0 Å². The first-order chi connectivity index (χ1) is 9.61. The second-order valence-corrected chi connectivity index (χ2v) is 4.72. The Morgan fingerprint density at radius 2 is 2.05 bits per heavy atom. The topological polar surface area (TPSA) is 92.9 Å². The summed E-state index contributed by atoms with van der Waals surface area (Å²) >= 11 is 0. The van der Waals surface area contributed by atoms with Crippen LogP contribution in [0.25, 0.3) is 5.69 Å². The van der Waals surface area contributed by atoms with E-state index in [1.807, 2.05) is 13.8 Å². The molecule has 0 aliphatic carbocycles. The number of aliphatic hydroxyl groups excluding tert-OH is 1. The number of rotatable bonds is 5. The van der Waals surface area contributed by atoms with E-state index in [0.717, 1.165) is 5.69 Å². The average Bonchev–Trinajstić information content (AvgIpc) is 3.00. The van der Waals surface area contributed by atoms with Gasteiger partial charge in [-0.15, -0.1) is 5.10 Å². The molecule has 2 atom stereocenters. The zero-order valence-corrected chi connectivity index (χ0v) is 11.4. The number of nitrogens with zero attached hydrogens (tertiary/aromatic N) is 4. The molecule has 0 aliphatic heterocycles. The average molecular weight is 275 g/mol. The van der Waals surface area contributed by atoms with Crippen molar-refractivity contribution >= 4 is 5.91 Å². The van der Waals surface area contributed by atoms with Crippen molar-refractivity contribution in [2.75, 3.05) is 6.61 Å². The second kappa shape index (κ2) is 6.25. The number of tetrazole rings is 1. The smallest absolute Gasteiger partial charge is 0.251 e. The molecule has 20 heavy (non-hydrogen) atoms. The molecule has 1 heterocycles. The monoisotopic (exact) mass is 275 g/mol. The predicted molar refractivity (Wildman–Crippen MR) is 72.3 cm³/mol. The van der Waals surface area contributed by atoms with Gasteiger partial charge in [-0.3, -0.25) is 4.79 Å². The minimum atomic E-state index is -0.166. The Morgan fingerprint density at radius 3 is 2.60 bits per heavy atom. The Kier molecular flexibility index (Phi) is 4.41. The highest BCUT2D eigenvalue weighted by atomic mass is 16.3. The number of hydrogen-bond acceptors (Lipinski definition) is 5. The molecule has 0 saturated heterocycles. The van der Waals surface area contributed by atoms with Gasteiger partial charge < -0.3 is 10.4 Å². The van der Waals surface area contributed by atoms with Crippen LogP contribution in [0, 0.1) is 5.92 Å². The Balaban J connectivity index is 2.04. The van der Waals surface area contributed by atoms with Crippen molar-refractivity contribution in [3.05, 3.63) is 36.2 Å². The maximum atomic E-state index is 12.0. The zero-order valence-electron chi connectivity index (χ0n) is 11.4. The fourth-order valence-electron chi connectivity index (χ4n) is 1.64. The highest BCUT2D eigenvalue weighted by Crippen LogP contribution is 2.09. The molecule has 2 unspecified atom stereocenters. The van der Waals surface area contributed by atoms with Gasteiger partial charge >= 0.3 is 0 Å². The summed E-state index contributed by atoms with van der Waals surface area (Å²) in [6.45, 7) is 3.79. The molecule has 1 aromatic carbocycles. The Bertz CT molecular complexity index is 553. The molecule has 2 aromatic rings. The summed E-state index contributed by atoms with van der Waals surface area (Å²) in [5, 5.41) is 22.8. The lowest BCUT2D eigenvalue weighted by atomic mass is 10.0. The first-order valence-electron chi connectivity index (χ1n) is 6.37. The molecule has 1 aromatic heterocycles. The summed E-state index contributed by atoms with van der Waals surface area (Å²) in [6, 6.07) is 6.87. The van der Waals surface area contributed by atoms with Crippen LogP contribution in [-0.4, -0.2) is 43.9 Å². The lowest BCUT2D eigenvalue weighted by Gasteiger charge is -2.19. The third kappa shape index (κ3) is 3.18. The summed E-state index contributed by atoms with van der Waals surface area (Å²) < 4.78 is 1.51. The van der Waals surface area contributed by atoms with E-state index in [1.54, 1.807) is 24.3 Å². The van der Waals surface area contributed by atoms with Crippen molar-refractivity contribution < 1.29 is 9.90 Å². The predicted octanol–water partition coefficient (Wildman–Crippen LogP) is 0.409. The minimum absolute atomic E-state index is 0.0134. The lowest BCUT2D eigenvalue weighted by Crippen LogP contribution is -2.38. The number of nitrogens with one attached hydrogen (secondary N) is 1. The molecule has 0 fully saturated rings.